The molecule has 142 valence electrons. The number of nitrogens with one attached hydrogen (secondary N) is 1. The Bertz CT molecular complexity index is 845. The van der Waals surface area contributed by atoms with Crippen LogP contribution in [-0.2, 0) is 22.4 Å². The Hall–Kier alpha value is -2.82. The average Bonchev–Trinajstić information content (AvgIpc) is 3.09. The van der Waals surface area contributed by atoms with Crippen molar-refractivity contribution < 1.29 is 14.3 Å². The Morgan fingerprint density at radius 1 is 1.19 bits per heavy atom. The van der Waals surface area contributed by atoms with Gasteiger partial charge in [0.1, 0.15) is 5.75 Å². The number of anilines is 2. The largest absolute Gasteiger partial charge is 0.496 e. The summed E-state index contributed by atoms with van der Waals surface area (Å²) in [5, 5.41) is 2.96. The maximum Gasteiger partial charge on any atom is 0.229 e. The smallest absolute Gasteiger partial charge is 0.229 e. The van der Waals surface area contributed by atoms with Gasteiger partial charge in [-0.1, -0.05) is 32.0 Å². The quantitative estimate of drug-likeness (QED) is 0.846. The van der Waals surface area contributed by atoms with Crippen molar-refractivity contribution in [3.63, 3.8) is 0 Å². The maximum absolute atomic E-state index is 12.3. The lowest BCUT2D eigenvalue weighted by molar-refractivity contribution is -0.121. The Morgan fingerprint density at radius 3 is 2.70 bits per heavy atom. The molecule has 2 aromatic carbocycles. The third-order valence-corrected chi connectivity index (χ3v) is 4.83. The molecule has 1 aliphatic heterocycles. The highest BCUT2D eigenvalue weighted by Gasteiger charge is 2.26. The summed E-state index contributed by atoms with van der Waals surface area (Å²) in [5.74, 6) is 0.888. The van der Waals surface area contributed by atoms with Crippen LogP contribution in [0.3, 0.4) is 0 Å². The molecular weight excluding hydrogens is 340 g/mol. The zero-order valence-electron chi connectivity index (χ0n) is 16.1. The molecule has 0 atom stereocenters. The van der Waals surface area contributed by atoms with Crippen LogP contribution in [0.5, 0.6) is 5.75 Å². The van der Waals surface area contributed by atoms with Crippen LogP contribution in [0.2, 0.25) is 0 Å². The topological polar surface area (TPSA) is 58.6 Å². The molecule has 0 aliphatic carbocycles. The molecule has 0 spiro atoms. The molecule has 0 aromatic heterocycles. The molecule has 0 saturated carbocycles. The Morgan fingerprint density at radius 2 is 1.96 bits per heavy atom. The minimum Gasteiger partial charge on any atom is -0.496 e. The number of para-hydroxylation sites is 1. The first-order valence-corrected chi connectivity index (χ1v) is 9.35. The summed E-state index contributed by atoms with van der Waals surface area (Å²) in [6.45, 7) is 4.53. The van der Waals surface area contributed by atoms with Crippen molar-refractivity contribution in [3.8, 4) is 5.75 Å². The normalized spacial score (nSPS) is 12.8. The van der Waals surface area contributed by atoms with Crippen molar-refractivity contribution in [1.29, 1.82) is 0 Å². The number of benzene rings is 2. The van der Waals surface area contributed by atoms with Gasteiger partial charge in [-0.25, -0.2) is 0 Å². The maximum atomic E-state index is 12.3. The van der Waals surface area contributed by atoms with Gasteiger partial charge >= 0.3 is 0 Å². The van der Waals surface area contributed by atoms with Gasteiger partial charge in [0.2, 0.25) is 11.8 Å². The number of amides is 2. The predicted octanol–water partition coefficient (Wildman–Crippen LogP) is 3.81. The summed E-state index contributed by atoms with van der Waals surface area (Å²) >= 11 is 0. The van der Waals surface area contributed by atoms with Crippen LogP contribution in [0.4, 0.5) is 11.4 Å². The van der Waals surface area contributed by atoms with Crippen molar-refractivity contribution in [3.05, 3.63) is 53.6 Å². The van der Waals surface area contributed by atoms with Crippen molar-refractivity contribution in [2.75, 3.05) is 23.9 Å². The number of hydrogen-bond donors (Lipinski definition) is 1. The number of ether oxygens (including phenoxy) is 1. The second-order valence-electron chi connectivity index (χ2n) is 7.10. The van der Waals surface area contributed by atoms with Gasteiger partial charge in [-0.2, -0.15) is 0 Å². The average molecular weight is 366 g/mol. The highest BCUT2D eigenvalue weighted by Crippen LogP contribution is 2.31. The predicted molar refractivity (Wildman–Crippen MR) is 107 cm³/mol. The van der Waals surface area contributed by atoms with Crippen LogP contribution in [0.15, 0.2) is 42.5 Å². The van der Waals surface area contributed by atoms with Gasteiger partial charge in [-0.05, 0) is 48.2 Å². The third kappa shape index (κ3) is 4.30. The van der Waals surface area contributed by atoms with E-state index in [4.69, 9.17) is 4.74 Å². The number of nitrogens with zero attached hydrogens (tertiary/aromatic N) is 1. The van der Waals surface area contributed by atoms with Gasteiger partial charge in [0, 0.05) is 30.3 Å². The van der Waals surface area contributed by atoms with E-state index in [0.717, 1.165) is 34.7 Å². The van der Waals surface area contributed by atoms with E-state index in [1.807, 2.05) is 61.2 Å². The van der Waals surface area contributed by atoms with Crippen LogP contribution >= 0.6 is 0 Å². The van der Waals surface area contributed by atoms with E-state index < -0.39 is 0 Å². The molecule has 2 aromatic rings. The summed E-state index contributed by atoms with van der Waals surface area (Å²) in [5.41, 5.74) is 3.86. The molecule has 0 unspecified atom stereocenters. The number of hydrogen-bond acceptors (Lipinski definition) is 3. The highest BCUT2D eigenvalue weighted by molar-refractivity contribution is 5.97. The highest BCUT2D eigenvalue weighted by atomic mass is 16.5. The molecule has 5 heteroatoms. The Labute approximate surface area is 160 Å². The van der Waals surface area contributed by atoms with Crippen molar-refractivity contribution >= 4 is 23.2 Å². The molecule has 5 nitrogen and oxygen atoms in total. The molecule has 3 rings (SSSR count). The van der Waals surface area contributed by atoms with E-state index in [0.29, 0.717) is 19.4 Å². The standard InChI is InChI=1S/C22H26N2O3/c1-15(2)22(26)24-13-12-17-14-18(9-10-19(17)24)23-21(25)11-8-16-6-4-5-7-20(16)27-3/h4-7,9-10,14-15H,8,11-13H2,1-3H3,(H,23,25). The van der Waals surface area contributed by atoms with Crippen LogP contribution in [-0.4, -0.2) is 25.5 Å². The summed E-state index contributed by atoms with van der Waals surface area (Å²) in [4.78, 5) is 26.5. The monoisotopic (exact) mass is 366 g/mol. The number of carbonyl (C=O) groups excluding carboxylic acids is 2. The summed E-state index contributed by atoms with van der Waals surface area (Å²) < 4.78 is 5.33. The zero-order chi connectivity index (χ0) is 19.4. The lowest BCUT2D eigenvalue weighted by Crippen LogP contribution is -2.32. The van der Waals surface area contributed by atoms with Gasteiger partial charge < -0.3 is 15.0 Å². The lowest BCUT2D eigenvalue weighted by Gasteiger charge is -2.19. The lowest BCUT2D eigenvalue weighted by atomic mass is 10.1. The SMILES string of the molecule is COc1ccccc1CCC(=O)Nc1ccc2c(c1)CCN2C(=O)C(C)C. The van der Waals surface area contributed by atoms with E-state index in [1.165, 1.54) is 0 Å². The molecule has 2 amide bonds. The van der Waals surface area contributed by atoms with E-state index in [-0.39, 0.29) is 17.7 Å². The summed E-state index contributed by atoms with van der Waals surface area (Å²) in [7, 11) is 1.64. The van der Waals surface area contributed by atoms with E-state index in [9.17, 15) is 9.59 Å². The van der Waals surface area contributed by atoms with Crippen LogP contribution in [0.25, 0.3) is 0 Å². The minimum absolute atomic E-state index is 0.0229. The third-order valence-electron chi connectivity index (χ3n) is 4.83. The first-order chi connectivity index (χ1) is 13.0. The van der Waals surface area contributed by atoms with E-state index in [2.05, 4.69) is 5.32 Å². The first kappa shape index (κ1) is 19.0. The molecule has 1 aliphatic rings. The molecule has 27 heavy (non-hydrogen) atoms. The molecule has 0 radical (unpaired) electrons. The van der Waals surface area contributed by atoms with Crippen molar-refractivity contribution in [2.24, 2.45) is 5.92 Å². The zero-order valence-corrected chi connectivity index (χ0v) is 16.1. The van der Waals surface area contributed by atoms with Crippen LogP contribution < -0.4 is 15.0 Å². The fraction of sp³-hybridized carbons (Fsp3) is 0.364. The van der Waals surface area contributed by atoms with Gasteiger partial charge in [0.15, 0.2) is 0 Å². The second kappa shape index (κ2) is 8.25. The number of carbonyl (C=O) groups is 2. The van der Waals surface area contributed by atoms with Gasteiger partial charge in [-0.3, -0.25) is 9.59 Å². The first-order valence-electron chi connectivity index (χ1n) is 9.35. The summed E-state index contributed by atoms with van der Waals surface area (Å²) in [6, 6.07) is 13.5. The van der Waals surface area contributed by atoms with Crippen molar-refractivity contribution in [1.82, 2.24) is 0 Å². The Balaban J connectivity index is 1.62. The fourth-order valence-electron chi connectivity index (χ4n) is 3.40. The van der Waals surface area contributed by atoms with E-state index in [1.54, 1.807) is 7.11 Å². The molecule has 0 saturated heterocycles. The van der Waals surface area contributed by atoms with Crippen LogP contribution in [0.1, 0.15) is 31.4 Å². The molecule has 0 bridgehead atoms. The Kier molecular flexibility index (Phi) is 5.79. The van der Waals surface area contributed by atoms with Crippen molar-refractivity contribution in [2.45, 2.75) is 33.1 Å². The minimum atomic E-state index is -0.0334. The molecule has 1 heterocycles. The fourth-order valence-corrected chi connectivity index (χ4v) is 3.40. The number of rotatable bonds is 6. The number of methoxy groups -OCH3 is 1. The second-order valence-corrected chi connectivity index (χ2v) is 7.10. The molecule has 0 fully saturated rings. The van der Waals surface area contributed by atoms with Gasteiger partial charge in [0.05, 0.1) is 7.11 Å². The van der Waals surface area contributed by atoms with E-state index >= 15 is 0 Å². The number of fused-ring (bicyclic) bond motifs is 1. The number of aryl methyl sites for hydroxylation is 1. The van der Waals surface area contributed by atoms with Gasteiger partial charge in [-0.15, -0.1) is 0 Å². The molecule has 1 N–H and O–H groups in total. The molecular formula is C22H26N2O3. The van der Waals surface area contributed by atoms with Gasteiger partial charge in [0.25, 0.3) is 0 Å². The van der Waals surface area contributed by atoms with Crippen LogP contribution in [0, 0.1) is 5.92 Å². The summed E-state index contributed by atoms with van der Waals surface area (Å²) in [6.07, 6.45) is 1.82.